The molecule has 6 nitrogen and oxygen atoms in total. The van der Waals surface area contributed by atoms with Crippen LogP contribution in [-0.4, -0.2) is 33.5 Å². The number of nitrogens with one attached hydrogen (secondary N) is 1. The minimum Gasteiger partial charge on any atom is -0.333 e. The third kappa shape index (κ3) is 4.24. The summed E-state index contributed by atoms with van der Waals surface area (Å²) in [4.78, 5) is 26.6. The topological polar surface area (TPSA) is 75.2 Å². The lowest BCUT2D eigenvalue weighted by Crippen LogP contribution is -2.31. The quantitative estimate of drug-likeness (QED) is 0.864. The van der Waals surface area contributed by atoms with E-state index < -0.39 is 11.7 Å². The average Bonchev–Trinajstić information content (AvgIpc) is 3.23. The van der Waals surface area contributed by atoms with Gasteiger partial charge in [-0.05, 0) is 37.0 Å². The van der Waals surface area contributed by atoms with E-state index in [0.29, 0.717) is 29.6 Å². The summed E-state index contributed by atoms with van der Waals surface area (Å²) in [5, 5.41) is 11.6. The number of anilines is 1. The predicted octanol–water partition coefficient (Wildman–Crippen LogP) is 3.64. The second kappa shape index (κ2) is 7.90. The Hall–Kier alpha value is -2.35. The van der Waals surface area contributed by atoms with Crippen molar-refractivity contribution in [2.75, 3.05) is 11.9 Å². The van der Waals surface area contributed by atoms with Crippen LogP contribution in [0, 0.1) is 11.7 Å². The lowest BCUT2D eigenvalue weighted by molar-refractivity contribution is -0.132. The highest BCUT2D eigenvalue weighted by Crippen LogP contribution is 2.34. The minimum absolute atomic E-state index is 0.114. The number of carbonyl (C=O) groups is 2. The molecule has 1 aliphatic rings. The molecule has 1 N–H and O–H groups in total. The Morgan fingerprint density at radius 1 is 1.38 bits per heavy atom. The van der Waals surface area contributed by atoms with Crippen LogP contribution in [-0.2, 0) is 4.79 Å². The molecule has 0 saturated carbocycles. The highest BCUT2D eigenvalue weighted by atomic mass is 32.1. The van der Waals surface area contributed by atoms with E-state index in [2.05, 4.69) is 15.5 Å². The third-order valence-electron chi connectivity index (χ3n) is 4.16. The number of halogens is 1. The summed E-state index contributed by atoms with van der Waals surface area (Å²) in [5.41, 5.74) is 0.362. The van der Waals surface area contributed by atoms with Gasteiger partial charge in [0.2, 0.25) is 10.9 Å². The Morgan fingerprint density at radius 3 is 2.92 bits per heavy atom. The second-order valence-corrected chi connectivity index (χ2v) is 7.76. The SMILES string of the molecule is CC(C)CC(=O)N1CCC[C@@H]1c1nnc(C(=O)Nc2cccc(F)c2)s1. The number of nitrogens with zero attached hydrogens (tertiary/aromatic N) is 3. The molecule has 1 atom stereocenters. The summed E-state index contributed by atoms with van der Waals surface area (Å²) in [7, 11) is 0. The van der Waals surface area contributed by atoms with E-state index in [4.69, 9.17) is 0 Å². The lowest BCUT2D eigenvalue weighted by atomic mass is 10.1. The van der Waals surface area contributed by atoms with Crippen molar-refractivity contribution in [3.8, 4) is 0 Å². The van der Waals surface area contributed by atoms with Crippen LogP contribution in [0.1, 0.15) is 54.0 Å². The molecule has 0 radical (unpaired) electrons. The first-order valence-corrected chi connectivity index (χ1v) is 9.45. The molecule has 2 aromatic rings. The maximum absolute atomic E-state index is 13.2. The summed E-state index contributed by atoms with van der Waals surface area (Å²) in [6.45, 7) is 4.74. The Balaban J connectivity index is 1.70. The summed E-state index contributed by atoms with van der Waals surface area (Å²) in [6, 6.07) is 5.55. The standard InChI is InChI=1S/C18H21FN4O2S/c1-11(2)9-15(24)23-8-4-7-14(23)17-21-22-18(26-17)16(25)20-13-6-3-5-12(19)10-13/h3,5-6,10-11,14H,4,7-9H2,1-2H3,(H,20,25)/t14-/m1/s1. The van der Waals surface area contributed by atoms with E-state index in [0.717, 1.165) is 12.8 Å². The van der Waals surface area contributed by atoms with Crippen molar-refractivity contribution >= 4 is 28.8 Å². The van der Waals surface area contributed by atoms with Gasteiger partial charge in [-0.1, -0.05) is 31.3 Å². The summed E-state index contributed by atoms with van der Waals surface area (Å²) >= 11 is 1.18. The van der Waals surface area contributed by atoms with Gasteiger partial charge in [-0.15, -0.1) is 10.2 Å². The molecule has 0 spiro atoms. The van der Waals surface area contributed by atoms with Crippen LogP contribution in [0.4, 0.5) is 10.1 Å². The Morgan fingerprint density at radius 2 is 2.19 bits per heavy atom. The van der Waals surface area contributed by atoms with Crippen LogP contribution < -0.4 is 5.32 Å². The number of hydrogen-bond acceptors (Lipinski definition) is 5. The molecule has 2 amide bonds. The molecular weight excluding hydrogens is 355 g/mol. The van der Waals surface area contributed by atoms with Crippen molar-refractivity contribution < 1.29 is 14.0 Å². The molecule has 1 aromatic heterocycles. The first kappa shape index (κ1) is 18.4. The number of carbonyl (C=O) groups excluding carboxylic acids is 2. The zero-order chi connectivity index (χ0) is 18.7. The van der Waals surface area contributed by atoms with E-state index in [-0.39, 0.29) is 17.0 Å². The molecule has 0 unspecified atom stereocenters. The smallest absolute Gasteiger partial charge is 0.286 e. The summed E-state index contributed by atoms with van der Waals surface area (Å²) < 4.78 is 13.2. The van der Waals surface area contributed by atoms with E-state index in [1.165, 1.54) is 29.5 Å². The van der Waals surface area contributed by atoms with Gasteiger partial charge in [-0.3, -0.25) is 9.59 Å². The van der Waals surface area contributed by atoms with Crippen molar-refractivity contribution in [2.24, 2.45) is 5.92 Å². The molecule has 26 heavy (non-hydrogen) atoms. The highest BCUT2D eigenvalue weighted by molar-refractivity contribution is 7.13. The normalized spacial score (nSPS) is 16.9. The van der Waals surface area contributed by atoms with Crippen LogP contribution in [0.5, 0.6) is 0 Å². The van der Waals surface area contributed by atoms with Crippen LogP contribution in [0.2, 0.25) is 0 Å². The number of aromatic nitrogens is 2. The Labute approximate surface area is 155 Å². The lowest BCUT2D eigenvalue weighted by Gasteiger charge is -2.23. The molecule has 1 aromatic carbocycles. The molecule has 1 fully saturated rings. The maximum Gasteiger partial charge on any atom is 0.286 e. The van der Waals surface area contributed by atoms with Crippen LogP contribution >= 0.6 is 11.3 Å². The van der Waals surface area contributed by atoms with E-state index in [1.807, 2.05) is 18.7 Å². The molecule has 8 heteroatoms. The van der Waals surface area contributed by atoms with Crippen molar-refractivity contribution in [2.45, 2.75) is 39.2 Å². The number of benzene rings is 1. The van der Waals surface area contributed by atoms with Gasteiger partial charge in [0, 0.05) is 18.7 Å². The number of likely N-dealkylation sites (tertiary alicyclic amines) is 1. The van der Waals surface area contributed by atoms with Crippen LogP contribution in [0.15, 0.2) is 24.3 Å². The minimum atomic E-state index is -0.433. The van der Waals surface area contributed by atoms with Crippen molar-refractivity contribution in [3.05, 3.63) is 40.1 Å². The molecule has 0 aliphatic carbocycles. The second-order valence-electron chi connectivity index (χ2n) is 6.75. The van der Waals surface area contributed by atoms with Crippen molar-refractivity contribution in [1.82, 2.24) is 15.1 Å². The number of rotatable bonds is 5. The maximum atomic E-state index is 13.2. The molecule has 3 rings (SSSR count). The summed E-state index contributed by atoms with van der Waals surface area (Å²) in [6.07, 6.45) is 2.24. The number of hydrogen-bond donors (Lipinski definition) is 1. The molecule has 0 bridgehead atoms. The number of amides is 2. The van der Waals surface area contributed by atoms with E-state index >= 15 is 0 Å². The fourth-order valence-electron chi connectivity index (χ4n) is 3.00. The largest absolute Gasteiger partial charge is 0.333 e. The van der Waals surface area contributed by atoms with Gasteiger partial charge in [0.05, 0.1) is 6.04 Å². The first-order chi connectivity index (χ1) is 12.4. The van der Waals surface area contributed by atoms with Crippen LogP contribution in [0.3, 0.4) is 0 Å². The fourth-order valence-corrected chi connectivity index (χ4v) is 3.89. The fraction of sp³-hybridized carbons (Fsp3) is 0.444. The Kier molecular flexibility index (Phi) is 5.61. The van der Waals surface area contributed by atoms with Gasteiger partial charge in [-0.2, -0.15) is 0 Å². The van der Waals surface area contributed by atoms with E-state index in [1.54, 1.807) is 6.07 Å². The van der Waals surface area contributed by atoms with Crippen molar-refractivity contribution in [1.29, 1.82) is 0 Å². The first-order valence-electron chi connectivity index (χ1n) is 8.64. The summed E-state index contributed by atoms with van der Waals surface area (Å²) in [5.74, 6) is -0.447. The zero-order valence-corrected chi connectivity index (χ0v) is 15.6. The van der Waals surface area contributed by atoms with Gasteiger partial charge in [0.15, 0.2) is 0 Å². The average molecular weight is 376 g/mol. The van der Waals surface area contributed by atoms with Gasteiger partial charge in [0.25, 0.3) is 5.91 Å². The molecule has 1 aliphatic heterocycles. The molecule has 2 heterocycles. The van der Waals surface area contributed by atoms with Gasteiger partial charge in [-0.25, -0.2) is 4.39 Å². The zero-order valence-electron chi connectivity index (χ0n) is 14.7. The predicted molar refractivity (Wildman–Crippen MR) is 97.4 cm³/mol. The monoisotopic (exact) mass is 376 g/mol. The van der Waals surface area contributed by atoms with Gasteiger partial charge in [0.1, 0.15) is 10.8 Å². The molecule has 1 saturated heterocycles. The third-order valence-corrected chi connectivity index (χ3v) is 5.18. The van der Waals surface area contributed by atoms with Crippen LogP contribution in [0.25, 0.3) is 0 Å². The molecule has 138 valence electrons. The van der Waals surface area contributed by atoms with Gasteiger partial charge < -0.3 is 10.2 Å². The molecular formula is C18H21FN4O2S. The van der Waals surface area contributed by atoms with Crippen molar-refractivity contribution in [3.63, 3.8) is 0 Å². The van der Waals surface area contributed by atoms with Gasteiger partial charge >= 0.3 is 0 Å². The highest BCUT2D eigenvalue weighted by Gasteiger charge is 2.33. The van der Waals surface area contributed by atoms with E-state index in [9.17, 15) is 14.0 Å². The Bertz CT molecular complexity index is 808.